The number of fused-ring (bicyclic) bond motifs is 1. The highest BCUT2D eigenvalue weighted by Gasteiger charge is 2.24. The molecule has 2 rings (SSSR count). The number of rotatable bonds is 6. The molecule has 0 saturated carbocycles. The molecule has 0 aliphatic heterocycles. The Labute approximate surface area is 122 Å². The Morgan fingerprint density at radius 3 is 3.00 bits per heavy atom. The Morgan fingerprint density at radius 2 is 2.32 bits per heavy atom. The molecular weight excluding hydrogens is 330 g/mol. The molecule has 6 nitrogen and oxygen atoms in total. The third-order valence-electron chi connectivity index (χ3n) is 2.33. The number of sulfonamides is 1. The van der Waals surface area contributed by atoms with Gasteiger partial charge in [0.15, 0.2) is 15.1 Å². The lowest BCUT2D eigenvalue weighted by Gasteiger charge is -2.05. The van der Waals surface area contributed by atoms with Crippen LogP contribution in [0.25, 0.3) is 4.96 Å². The zero-order valence-corrected chi connectivity index (χ0v) is 13.2. The van der Waals surface area contributed by atoms with Crippen molar-refractivity contribution in [2.24, 2.45) is 0 Å². The molecular formula is C9H12ClN3O3S3. The van der Waals surface area contributed by atoms with Crippen LogP contribution in [0.5, 0.6) is 0 Å². The standard InChI is InChI=1S/C9H12ClN3O3S3/c1-18(14)6-2-3-11-19(15,16)8-7(10)12-9-13(8)4-5-17-9/h4-5,11H,2-3,6H2,1H3. The quantitative estimate of drug-likeness (QED) is 0.798. The van der Waals surface area contributed by atoms with Crippen LogP contribution >= 0.6 is 22.9 Å². The largest absolute Gasteiger partial charge is 0.279 e. The predicted molar refractivity (Wildman–Crippen MR) is 76.8 cm³/mol. The third kappa shape index (κ3) is 3.34. The van der Waals surface area contributed by atoms with E-state index < -0.39 is 20.8 Å². The van der Waals surface area contributed by atoms with E-state index >= 15 is 0 Å². The molecule has 2 aromatic heterocycles. The summed E-state index contributed by atoms with van der Waals surface area (Å²) in [6, 6.07) is 0. The molecule has 1 N–H and O–H groups in total. The Morgan fingerprint density at radius 1 is 1.58 bits per heavy atom. The summed E-state index contributed by atoms with van der Waals surface area (Å²) in [4.78, 5) is 4.50. The maximum Gasteiger partial charge on any atom is 0.259 e. The van der Waals surface area contributed by atoms with Crippen molar-refractivity contribution in [3.05, 3.63) is 16.7 Å². The van der Waals surface area contributed by atoms with Gasteiger partial charge in [0.2, 0.25) is 0 Å². The van der Waals surface area contributed by atoms with Crippen LogP contribution < -0.4 is 4.72 Å². The van der Waals surface area contributed by atoms with E-state index in [0.29, 0.717) is 17.1 Å². The Kier molecular flexibility index (Phi) is 4.62. The lowest BCUT2D eigenvalue weighted by molar-refractivity contribution is 0.576. The second kappa shape index (κ2) is 5.88. The SMILES string of the molecule is CS(=O)CCCNS(=O)(=O)c1c(Cl)nc2sccn12. The summed E-state index contributed by atoms with van der Waals surface area (Å²) in [6.45, 7) is 0.218. The fraction of sp³-hybridized carbons (Fsp3) is 0.444. The van der Waals surface area contributed by atoms with Crippen molar-refractivity contribution >= 4 is 48.7 Å². The third-order valence-corrected chi connectivity index (χ3v) is 5.81. The summed E-state index contributed by atoms with van der Waals surface area (Å²) in [5.74, 6) is 0.455. The summed E-state index contributed by atoms with van der Waals surface area (Å²) in [6.07, 6.45) is 3.69. The van der Waals surface area contributed by atoms with Crippen molar-refractivity contribution in [3.8, 4) is 0 Å². The van der Waals surface area contributed by atoms with Crippen LogP contribution in [0, 0.1) is 0 Å². The first-order chi connectivity index (χ1) is 8.92. The van der Waals surface area contributed by atoms with Crippen molar-refractivity contribution < 1.29 is 12.6 Å². The molecule has 0 aliphatic carbocycles. The lowest BCUT2D eigenvalue weighted by atomic mass is 10.5. The van der Waals surface area contributed by atoms with Crippen molar-refractivity contribution in [2.45, 2.75) is 11.4 Å². The van der Waals surface area contributed by atoms with Gasteiger partial charge in [-0.05, 0) is 6.42 Å². The molecule has 2 aromatic rings. The van der Waals surface area contributed by atoms with E-state index in [-0.39, 0.29) is 16.7 Å². The molecule has 0 radical (unpaired) electrons. The van der Waals surface area contributed by atoms with Gasteiger partial charge in [0.05, 0.1) is 0 Å². The van der Waals surface area contributed by atoms with Gasteiger partial charge in [-0.25, -0.2) is 18.1 Å². The van der Waals surface area contributed by atoms with E-state index in [1.54, 1.807) is 17.8 Å². The number of imidazole rings is 1. The molecule has 0 aliphatic rings. The molecule has 0 fully saturated rings. The molecule has 0 bridgehead atoms. The fourth-order valence-corrected chi connectivity index (χ4v) is 4.60. The molecule has 0 spiro atoms. The number of aromatic nitrogens is 2. The highest BCUT2D eigenvalue weighted by atomic mass is 35.5. The number of thiazole rings is 1. The van der Waals surface area contributed by atoms with Gasteiger partial charge >= 0.3 is 0 Å². The molecule has 0 amide bonds. The maximum absolute atomic E-state index is 12.1. The average molecular weight is 342 g/mol. The van der Waals surface area contributed by atoms with E-state index in [1.165, 1.54) is 15.7 Å². The van der Waals surface area contributed by atoms with Gasteiger partial charge in [0.1, 0.15) is 0 Å². The molecule has 0 aromatic carbocycles. The number of nitrogens with zero attached hydrogens (tertiary/aromatic N) is 2. The van der Waals surface area contributed by atoms with E-state index in [2.05, 4.69) is 9.71 Å². The van der Waals surface area contributed by atoms with Gasteiger partial charge in [-0.1, -0.05) is 11.6 Å². The Balaban J connectivity index is 2.17. The summed E-state index contributed by atoms with van der Waals surface area (Å²) in [7, 11) is -4.64. The Bertz CT molecular complexity index is 707. The lowest BCUT2D eigenvalue weighted by Crippen LogP contribution is -2.27. The van der Waals surface area contributed by atoms with E-state index in [1.807, 2.05) is 0 Å². The van der Waals surface area contributed by atoms with Crippen LogP contribution in [-0.4, -0.2) is 40.6 Å². The second-order valence-electron chi connectivity index (χ2n) is 3.79. The van der Waals surface area contributed by atoms with Crippen LogP contribution in [0.4, 0.5) is 0 Å². The molecule has 1 atom stereocenters. The maximum atomic E-state index is 12.1. The second-order valence-corrected chi connectivity index (χ2v) is 8.26. The van der Waals surface area contributed by atoms with Crippen molar-refractivity contribution in [1.82, 2.24) is 14.1 Å². The first-order valence-electron chi connectivity index (χ1n) is 5.32. The predicted octanol–water partition coefficient (Wildman–Crippen LogP) is 1.10. The molecule has 1 unspecified atom stereocenters. The van der Waals surface area contributed by atoms with Crippen LogP contribution in [-0.2, 0) is 20.8 Å². The first kappa shape index (κ1) is 14.9. The summed E-state index contributed by atoms with van der Waals surface area (Å²) >= 11 is 7.17. The number of halogens is 1. The number of hydrogen-bond donors (Lipinski definition) is 1. The van der Waals surface area contributed by atoms with Crippen LogP contribution in [0.3, 0.4) is 0 Å². The molecule has 2 heterocycles. The normalized spacial score (nSPS) is 14.0. The van der Waals surface area contributed by atoms with Gasteiger partial charge in [-0.15, -0.1) is 11.3 Å². The number of hydrogen-bond acceptors (Lipinski definition) is 5. The zero-order valence-electron chi connectivity index (χ0n) is 10.00. The first-order valence-corrected chi connectivity index (χ1v) is 9.79. The van der Waals surface area contributed by atoms with Crippen molar-refractivity contribution in [2.75, 3.05) is 18.6 Å². The molecule has 106 valence electrons. The van der Waals surface area contributed by atoms with Crippen LogP contribution in [0.15, 0.2) is 16.6 Å². The minimum absolute atomic E-state index is 0.0431. The van der Waals surface area contributed by atoms with E-state index in [9.17, 15) is 12.6 Å². The van der Waals surface area contributed by atoms with Crippen molar-refractivity contribution in [1.29, 1.82) is 0 Å². The highest BCUT2D eigenvalue weighted by Crippen LogP contribution is 2.24. The molecule has 19 heavy (non-hydrogen) atoms. The minimum Gasteiger partial charge on any atom is -0.279 e. The van der Waals surface area contributed by atoms with Crippen molar-refractivity contribution in [3.63, 3.8) is 0 Å². The van der Waals surface area contributed by atoms with Crippen LogP contribution in [0.1, 0.15) is 6.42 Å². The van der Waals surface area contributed by atoms with Gasteiger partial charge < -0.3 is 0 Å². The Hall–Kier alpha value is -0.480. The van der Waals surface area contributed by atoms with Gasteiger partial charge in [0.25, 0.3) is 10.0 Å². The fourth-order valence-electron chi connectivity index (χ4n) is 1.53. The average Bonchev–Trinajstić information content (AvgIpc) is 2.83. The summed E-state index contributed by atoms with van der Waals surface area (Å²) < 4.78 is 39.1. The zero-order chi connectivity index (χ0) is 14.0. The highest BCUT2D eigenvalue weighted by molar-refractivity contribution is 7.89. The molecule has 10 heteroatoms. The monoisotopic (exact) mass is 341 g/mol. The minimum atomic E-state index is -3.72. The molecule has 0 saturated heterocycles. The van der Waals surface area contributed by atoms with Gasteiger partial charge in [-0.2, -0.15) is 0 Å². The van der Waals surface area contributed by atoms with Gasteiger partial charge in [0, 0.05) is 40.9 Å². The van der Waals surface area contributed by atoms with Gasteiger partial charge in [-0.3, -0.25) is 8.61 Å². The summed E-state index contributed by atoms with van der Waals surface area (Å²) in [5, 5.41) is 1.64. The number of nitrogens with one attached hydrogen (secondary N) is 1. The van der Waals surface area contributed by atoms with E-state index in [4.69, 9.17) is 11.6 Å². The smallest absolute Gasteiger partial charge is 0.259 e. The summed E-state index contributed by atoms with van der Waals surface area (Å²) in [5.41, 5.74) is 0. The van der Waals surface area contributed by atoms with E-state index in [0.717, 1.165) is 0 Å². The topological polar surface area (TPSA) is 80.5 Å². The van der Waals surface area contributed by atoms with Crippen LogP contribution in [0.2, 0.25) is 5.15 Å².